The molecular formula is C13H20N2O. The fraction of sp³-hybridized carbons (Fsp3) is 0.462. The summed E-state index contributed by atoms with van der Waals surface area (Å²) in [6.45, 7) is 6.54. The molecule has 0 radical (unpaired) electrons. The van der Waals surface area contributed by atoms with Crippen molar-refractivity contribution in [1.82, 2.24) is 4.90 Å². The molecule has 3 nitrogen and oxygen atoms in total. The summed E-state index contributed by atoms with van der Waals surface area (Å²) < 4.78 is 0. The standard InChI is InChI=1S/C13H20N2O/c1-13(2,3)15(4)12(16)11-7-5-10(9-14)6-8-11/h5-8H,9,14H2,1-4H3. The molecule has 0 saturated carbocycles. The van der Waals surface area contributed by atoms with E-state index in [1.807, 2.05) is 52.1 Å². The molecule has 0 heterocycles. The Morgan fingerprint density at radius 2 is 1.75 bits per heavy atom. The molecule has 0 aliphatic rings. The van der Waals surface area contributed by atoms with Crippen molar-refractivity contribution in [2.24, 2.45) is 5.73 Å². The molecule has 0 fully saturated rings. The second-order valence-corrected chi connectivity index (χ2v) is 4.94. The van der Waals surface area contributed by atoms with Gasteiger partial charge in [-0.15, -0.1) is 0 Å². The van der Waals surface area contributed by atoms with Crippen molar-refractivity contribution in [2.75, 3.05) is 7.05 Å². The van der Waals surface area contributed by atoms with Crippen LogP contribution in [-0.4, -0.2) is 23.4 Å². The van der Waals surface area contributed by atoms with Crippen molar-refractivity contribution >= 4 is 5.91 Å². The van der Waals surface area contributed by atoms with E-state index in [4.69, 9.17) is 5.73 Å². The normalized spacial score (nSPS) is 11.3. The van der Waals surface area contributed by atoms with E-state index in [2.05, 4.69) is 0 Å². The largest absolute Gasteiger partial charge is 0.337 e. The van der Waals surface area contributed by atoms with E-state index >= 15 is 0 Å². The number of amides is 1. The van der Waals surface area contributed by atoms with Crippen LogP contribution in [0.1, 0.15) is 36.7 Å². The van der Waals surface area contributed by atoms with Crippen molar-refractivity contribution in [3.63, 3.8) is 0 Å². The number of nitrogens with zero attached hydrogens (tertiary/aromatic N) is 1. The summed E-state index contributed by atoms with van der Waals surface area (Å²) in [6.07, 6.45) is 0. The number of nitrogens with two attached hydrogens (primary N) is 1. The second kappa shape index (κ2) is 4.66. The minimum absolute atomic E-state index is 0.0380. The highest BCUT2D eigenvalue weighted by Gasteiger charge is 2.22. The first-order valence-electron chi connectivity index (χ1n) is 5.43. The molecule has 88 valence electrons. The molecule has 0 aliphatic heterocycles. The molecule has 1 aromatic rings. The molecule has 0 atom stereocenters. The Morgan fingerprint density at radius 3 is 2.12 bits per heavy atom. The summed E-state index contributed by atoms with van der Waals surface area (Å²) in [4.78, 5) is 13.8. The Bertz CT molecular complexity index is 363. The molecule has 0 unspecified atom stereocenters. The summed E-state index contributed by atoms with van der Waals surface area (Å²) >= 11 is 0. The summed E-state index contributed by atoms with van der Waals surface area (Å²) in [6, 6.07) is 7.44. The third kappa shape index (κ3) is 2.83. The average Bonchev–Trinajstić information content (AvgIpc) is 2.26. The quantitative estimate of drug-likeness (QED) is 0.828. The van der Waals surface area contributed by atoms with Gasteiger partial charge in [-0.3, -0.25) is 4.79 Å². The summed E-state index contributed by atoms with van der Waals surface area (Å²) in [5.74, 6) is 0.0380. The number of rotatable bonds is 2. The van der Waals surface area contributed by atoms with Crippen LogP contribution in [0.4, 0.5) is 0 Å². The monoisotopic (exact) mass is 220 g/mol. The van der Waals surface area contributed by atoms with Gasteiger partial charge in [-0.05, 0) is 38.5 Å². The van der Waals surface area contributed by atoms with Gasteiger partial charge in [-0.2, -0.15) is 0 Å². The fourth-order valence-corrected chi connectivity index (χ4v) is 1.28. The van der Waals surface area contributed by atoms with Gasteiger partial charge in [0.25, 0.3) is 5.91 Å². The zero-order valence-electron chi connectivity index (χ0n) is 10.4. The van der Waals surface area contributed by atoms with Gasteiger partial charge in [-0.1, -0.05) is 12.1 Å². The van der Waals surface area contributed by atoms with Crippen LogP contribution in [-0.2, 0) is 6.54 Å². The number of hydrogen-bond acceptors (Lipinski definition) is 2. The van der Waals surface area contributed by atoms with Crippen LogP contribution in [0.3, 0.4) is 0 Å². The minimum Gasteiger partial charge on any atom is -0.337 e. The van der Waals surface area contributed by atoms with E-state index in [9.17, 15) is 4.79 Å². The van der Waals surface area contributed by atoms with Crippen LogP contribution >= 0.6 is 0 Å². The lowest BCUT2D eigenvalue weighted by Gasteiger charge is -2.32. The maximum atomic E-state index is 12.1. The first-order valence-corrected chi connectivity index (χ1v) is 5.43. The van der Waals surface area contributed by atoms with Gasteiger partial charge in [0.15, 0.2) is 0 Å². The lowest BCUT2D eigenvalue weighted by molar-refractivity contribution is 0.0656. The Labute approximate surface area is 97.2 Å². The van der Waals surface area contributed by atoms with Crippen LogP contribution in [0, 0.1) is 0 Å². The molecule has 0 saturated heterocycles. The van der Waals surface area contributed by atoms with E-state index in [-0.39, 0.29) is 11.4 Å². The van der Waals surface area contributed by atoms with Gasteiger partial charge in [0, 0.05) is 24.7 Å². The van der Waals surface area contributed by atoms with Crippen molar-refractivity contribution in [1.29, 1.82) is 0 Å². The smallest absolute Gasteiger partial charge is 0.254 e. The molecule has 1 amide bonds. The zero-order valence-corrected chi connectivity index (χ0v) is 10.4. The van der Waals surface area contributed by atoms with Crippen molar-refractivity contribution in [3.8, 4) is 0 Å². The van der Waals surface area contributed by atoms with Crippen LogP contribution in [0.15, 0.2) is 24.3 Å². The Morgan fingerprint density at radius 1 is 1.25 bits per heavy atom. The number of carbonyl (C=O) groups excluding carboxylic acids is 1. The third-order valence-corrected chi connectivity index (χ3v) is 2.75. The number of hydrogen-bond donors (Lipinski definition) is 1. The molecule has 0 aromatic heterocycles. The lowest BCUT2D eigenvalue weighted by Crippen LogP contribution is -2.42. The highest BCUT2D eigenvalue weighted by molar-refractivity contribution is 5.94. The van der Waals surface area contributed by atoms with E-state index < -0.39 is 0 Å². The van der Waals surface area contributed by atoms with Crippen LogP contribution in [0.5, 0.6) is 0 Å². The van der Waals surface area contributed by atoms with Gasteiger partial charge < -0.3 is 10.6 Å². The predicted molar refractivity (Wildman–Crippen MR) is 66.2 cm³/mol. The molecule has 0 aliphatic carbocycles. The maximum absolute atomic E-state index is 12.1. The summed E-state index contributed by atoms with van der Waals surface area (Å²) in [7, 11) is 1.82. The molecule has 3 heteroatoms. The SMILES string of the molecule is CN(C(=O)c1ccc(CN)cc1)C(C)(C)C. The number of benzene rings is 1. The Balaban J connectivity index is 2.88. The fourth-order valence-electron chi connectivity index (χ4n) is 1.28. The third-order valence-electron chi connectivity index (χ3n) is 2.75. The van der Waals surface area contributed by atoms with Gasteiger partial charge in [0.1, 0.15) is 0 Å². The molecule has 16 heavy (non-hydrogen) atoms. The highest BCUT2D eigenvalue weighted by atomic mass is 16.2. The predicted octanol–water partition coefficient (Wildman–Crippen LogP) is 2.02. The topological polar surface area (TPSA) is 46.3 Å². The number of carbonyl (C=O) groups is 1. The molecule has 1 rings (SSSR count). The zero-order chi connectivity index (χ0) is 12.3. The molecule has 0 spiro atoms. The van der Waals surface area contributed by atoms with Gasteiger partial charge in [-0.25, -0.2) is 0 Å². The van der Waals surface area contributed by atoms with Crippen LogP contribution in [0.2, 0.25) is 0 Å². The van der Waals surface area contributed by atoms with Gasteiger partial charge >= 0.3 is 0 Å². The summed E-state index contributed by atoms with van der Waals surface area (Å²) in [5, 5.41) is 0. The Kier molecular flexibility index (Phi) is 3.70. The van der Waals surface area contributed by atoms with Crippen LogP contribution in [0.25, 0.3) is 0 Å². The highest BCUT2D eigenvalue weighted by Crippen LogP contribution is 2.15. The van der Waals surface area contributed by atoms with Crippen LogP contribution < -0.4 is 5.73 Å². The van der Waals surface area contributed by atoms with Crippen molar-refractivity contribution in [2.45, 2.75) is 32.9 Å². The summed E-state index contributed by atoms with van der Waals surface area (Å²) in [5.41, 5.74) is 7.09. The molecule has 1 aromatic carbocycles. The first-order chi connectivity index (χ1) is 7.36. The average molecular weight is 220 g/mol. The van der Waals surface area contributed by atoms with E-state index in [1.165, 1.54) is 0 Å². The van der Waals surface area contributed by atoms with Gasteiger partial charge in [0.05, 0.1) is 0 Å². The minimum atomic E-state index is -0.163. The first kappa shape index (κ1) is 12.7. The maximum Gasteiger partial charge on any atom is 0.254 e. The van der Waals surface area contributed by atoms with Crippen molar-refractivity contribution in [3.05, 3.63) is 35.4 Å². The van der Waals surface area contributed by atoms with Gasteiger partial charge in [0.2, 0.25) is 0 Å². The molecular weight excluding hydrogens is 200 g/mol. The molecule has 2 N–H and O–H groups in total. The Hall–Kier alpha value is -1.35. The van der Waals surface area contributed by atoms with E-state index in [1.54, 1.807) is 4.90 Å². The lowest BCUT2D eigenvalue weighted by atomic mass is 10.0. The van der Waals surface area contributed by atoms with E-state index in [0.717, 1.165) is 5.56 Å². The second-order valence-electron chi connectivity index (χ2n) is 4.94. The van der Waals surface area contributed by atoms with Crippen molar-refractivity contribution < 1.29 is 4.79 Å². The molecule has 0 bridgehead atoms. The van der Waals surface area contributed by atoms with E-state index in [0.29, 0.717) is 12.1 Å².